The van der Waals surface area contributed by atoms with Crippen LogP contribution >= 0.6 is 34.2 Å². The molecule has 0 fully saturated rings. The average molecular weight is 575 g/mol. The van der Waals surface area contributed by atoms with Crippen LogP contribution in [0.1, 0.15) is 29.2 Å². The van der Waals surface area contributed by atoms with Gasteiger partial charge in [-0.25, -0.2) is 4.39 Å². The van der Waals surface area contributed by atoms with Gasteiger partial charge < -0.3 is 10.1 Å². The first-order chi connectivity index (χ1) is 15.8. The number of benzene rings is 3. The van der Waals surface area contributed by atoms with Gasteiger partial charge in [0.1, 0.15) is 23.2 Å². The number of hydrogen-bond donors (Lipinski definition) is 1. The van der Waals surface area contributed by atoms with E-state index in [1.807, 2.05) is 19.1 Å². The predicted molar refractivity (Wildman–Crippen MR) is 138 cm³/mol. The summed E-state index contributed by atoms with van der Waals surface area (Å²) in [5.74, 6) is -0.229. The molecule has 0 spiro atoms. The number of anilines is 1. The number of hydrogen-bond acceptors (Lipinski definition) is 3. The molecule has 3 aromatic rings. The van der Waals surface area contributed by atoms with E-state index < -0.39 is 5.91 Å². The van der Waals surface area contributed by atoms with Gasteiger partial charge in [0.05, 0.1) is 6.61 Å². The summed E-state index contributed by atoms with van der Waals surface area (Å²) in [6.45, 7) is 4.08. The van der Waals surface area contributed by atoms with Gasteiger partial charge in [-0.2, -0.15) is 5.26 Å². The number of carbonyl (C=O) groups is 1. The van der Waals surface area contributed by atoms with Crippen molar-refractivity contribution in [3.63, 3.8) is 0 Å². The average Bonchev–Trinajstić information content (AvgIpc) is 2.79. The van der Waals surface area contributed by atoms with Gasteiger partial charge in [-0.1, -0.05) is 35.9 Å². The van der Waals surface area contributed by atoms with E-state index in [2.05, 4.69) is 27.9 Å². The van der Waals surface area contributed by atoms with Crippen LogP contribution in [0.25, 0.3) is 6.08 Å². The number of carbonyl (C=O) groups excluding carboxylic acids is 1. The molecule has 4 nitrogen and oxygen atoms in total. The summed E-state index contributed by atoms with van der Waals surface area (Å²) in [5, 5.41) is 12.9. The first-order valence-corrected chi connectivity index (χ1v) is 11.7. The molecule has 1 amide bonds. The molecule has 0 saturated carbocycles. The van der Waals surface area contributed by atoms with Crippen molar-refractivity contribution < 1.29 is 13.9 Å². The van der Waals surface area contributed by atoms with Gasteiger partial charge in [0.15, 0.2) is 0 Å². The van der Waals surface area contributed by atoms with Crippen molar-refractivity contribution in [2.45, 2.75) is 20.3 Å². The van der Waals surface area contributed by atoms with E-state index in [1.165, 1.54) is 12.1 Å². The molecule has 3 aromatic carbocycles. The van der Waals surface area contributed by atoms with Crippen LogP contribution in [0.4, 0.5) is 10.1 Å². The number of nitriles is 1. The number of amides is 1. The fourth-order valence-electron chi connectivity index (χ4n) is 3.25. The summed E-state index contributed by atoms with van der Waals surface area (Å²) < 4.78 is 20.9. The van der Waals surface area contributed by atoms with Crippen molar-refractivity contribution in [1.82, 2.24) is 0 Å². The lowest BCUT2D eigenvalue weighted by molar-refractivity contribution is -0.112. The zero-order valence-electron chi connectivity index (χ0n) is 18.1. The highest BCUT2D eigenvalue weighted by Crippen LogP contribution is 2.31. The zero-order chi connectivity index (χ0) is 24.0. The molecule has 7 heteroatoms. The molecule has 0 radical (unpaired) electrons. The third-order valence-electron chi connectivity index (χ3n) is 4.99. The van der Waals surface area contributed by atoms with E-state index in [0.29, 0.717) is 40.6 Å². The highest BCUT2D eigenvalue weighted by atomic mass is 127. The van der Waals surface area contributed by atoms with Crippen LogP contribution < -0.4 is 10.1 Å². The summed E-state index contributed by atoms with van der Waals surface area (Å²) >= 11 is 8.28. The van der Waals surface area contributed by atoms with Crippen LogP contribution in [-0.2, 0) is 11.2 Å². The fraction of sp³-hybridized carbons (Fsp3) is 0.154. The smallest absolute Gasteiger partial charge is 0.266 e. The Morgan fingerprint density at radius 2 is 2.00 bits per heavy atom. The topological polar surface area (TPSA) is 62.1 Å². The number of halogens is 3. The number of rotatable bonds is 7. The van der Waals surface area contributed by atoms with Gasteiger partial charge in [-0.3, -0.25) is 4.79 Å². The molecular formula is C26H21ClFIN2O2. The third-order valence-corrected chi connectivity index (χ3v) is 6.37. The second kappa shape index (κ2) is 11.3. The van der Waals surface area contributed by atoms with Crippen molar-refractivity contribution >= 4 is 51.9 Å². The molecule has 1 N–H and O–H groups in total. The van der Waals surface area contributed by atoms with Crippen LogP contribution in [0.3, 0.4) is 0 Å². The van der Waals surface area contributed by atoms with Crippen molar-refractivity contribution in [1.29, 1.82) is 5.26 Å². The third kappa shape index (κ3) is 6.12. The zero-order valence-corrected chi connectivity index (χ0v) is 21.0. The molecule has 0 aliphatic rings. The van der Waals surface area contributed by atoms with E-state index in [0.717, 1.165) is 14.7 Å². The van der Waals surface area contributed by atoms with E-state index in [1.54, 1.807) is 49.4 Å². The van der Waals surface area contributed by atoms with Crippen LogP contribution in [0.5, 0.6) is 5.75 Å². The molecule has 0 bridgehead atoms. The summed E-state index contributed by atoms with van der Waals surface area (Å²) in [5.41, 5.74) is 3.24. The van der Waals surface area contributed by atoms with Gasteiger partial charge >= 0.3 is 0 Å². The van der Waals surface area contributed by atoms with Crippen molar-refractivity contribution in [2.24, 2.45) is 0 Å². The highest BCUT2D eigenvalue weighted by molar-refractivity contribution is 14.1. The molecule has 0 aliphatic carbocycles. The Kier molecular flexibility index (Phi) is 8.48. The van der Waals surface area contributed by atoms with E-state index >= 15 is 0 Å². The lowest BCUT2D eigenvalue weighted by Gasteiger charge is -2.14. The summed E-state index contributed by atoms with van der Waals surface area (Å²) in [6, 6.07) is 17.4. The number of nitrogens with one attached hydrogen (secondary N) is 1. The second-order valence-electron chi connectivity index (χ2n) is 7.22. The molecule has 0 atom stereocenters. The Balaban J connectivity index is 1.94. The van der Waals surface area contributed by atoms with E-state index in [4.69, 9.17) is 16.3 Å². The predicted octanol–water partition coefficient (Wildman–Crippen LogP) is 6.93. The second-order valence-corrected chi connectivity index (χ2v) is 8.79. The van der Waals surface area contributed by atoms with Crippen LogP contribution in [0.2, 0.25) is 5.02 Å². The van der Waals surface area contributed by atoms with Crippen molar-refractivity contribution in [3.05, 3.63) is 96.8 Å². The molecule has 3 rings (SSSR count). The summed E-state index contributed by atoms with van der Waals surface area (Å²) in [7, 11) is 0. The monoisotopic (exact) mass is 574 g/mol. The first-order valence-electron chi connectivity index (χ1n) is 10.2. The minimum atomic E-state index is -0.536. The van der Waals surface area contributed by atoms with Gasteiger partial charge in [0.2, 0.25) is 0 Å². The molecular weight excluding hydrogens is 554 g/mol. The Hall–Kier alpha value is -2.89. The molecule has 0 aromatic heterocycles. The van der Waals surface area contributed by atoms with Crippen LogP contribution in [-0.4, -0.2) is 12.5 Å². The van der Waals surface area contributed by atoms with Crippen molar-refractivity contribution in [2.75, 3.05) is 11.9 Å². The summed E-state index contributed by atoms with van der Waals surface area (Å²) in [6.07, 6.45) is 1.87. The Bertz CT molecular complexity index is 1270. The Morgan fingerprint density at radius 3 is 2.70 bits per heavy atom. The molecule has 33 heavy (non-hydrogen) atoms. The Morgan fingerprint density at radius 1 is 1.24 bits per heavy atom. The quantitative estimate of drug-likeness (QED) is 0.189. The van der Waals surface area contributed by atoms with Gasteiger partial charge in [0, 0.05) is 26.3 Å². The lowest BCUT2D eigenvalue weighted by Crippen LogP contribution is -2.14. The van der Waals surface area contributed by atoms with Gasteiger partial charge in [0.25, 0.3) is 5.91 Å². The van der Waals surface area contributed by atoms with Gasteiger partial charge in [-0.15, -0.1) is 0 Å². The maximum atomic E-state index is 14.2. The minimum absolute atomic E-state index is 0.0607. The van der Waals surface area contributed by atoms with Crippen molar-refractivity contribution in [3.8, 4) is 11.8 Å². The van der Waals surface area contributed by atoms with E-state index in [9.17, 15) is 14.4 Å². The molecule has 0 aliphatic heterocycles. The number of ether oxygens (including phenoxy) is 1. The van der Waals surface area contributed by atoms with Crippen LogP contribution in [0.15, 0.2) is 60.2 Å². The highest BCUT2D eigenvalue weighted by Gasteiger charge is 2.16. The van der Waals surface area contributed by atoms with E-state index in [-0.39, 0.29) is 11.4 Å². The molecule has 0 saturated heterocycles. The first kappa shape index (κ1) is 24.7. The van der Waals surface area contributed by atoms with Gasteiger partial charge in [-0.05, 0) is 89.5 Å². The summed E-state index contributed by atoms with van der Waals surface area (Å²) in [4.78, 5) is 12.7. The molecule has 0 unspecified atom stereocenters. The SMILES string of the molecule is CCOc1cc(/C=C(\C#N)C(=O)Nc2cccc(Cl)c2C)cc(I)c1Cc1ccccc1F. The maximum absolute atomic E-state index is 14.2. The molecule has 168 valence electrons. The molecule has 0 heterocycles. The normalized spacial score (nSPS) is 11.1. The fourth-order valence-corrected chi connectivity index (χ4v) is 4.24. The maximum Gasteiger partial charge on any atom is 0.266 e. The minimum Gasteiger partial charge on any atom is -0.494 e. The van der Waals surface area contributed by atoms with Crippen LogP contribution in [0, 0.1) is 27.6 Å². The standard InChI is InChI=1S/C26H21ClFIN2O2/c1-3-33-25-13-17(12-23(29)20(25)14-18-7-4-5-9-22(18)28)11-19(15-30)26(32)31-24-10-6-8-21(27)16(24)2/h4-13H,3,14H2,1-2H3,(H,31,32)/b19-11+. The number of nitrogens with zero attached hydrogens (tertiary/aromatic N) is 1. The largest absolute Gasteiger partial charge is 0.494 e. The Labute approximate surface area is 211 Å². The lowest BCUT2D eigenvalue weighted by atomic mass is 10.0.